The van der Waals surface area contributed by atoms with E-state index in [1.807, 2.05) is 4.57 Å². The SMILES string of the molecule is CCC(C)Nc1nc(Cl)nc2ncn(CCCOC)c12. The molecule has 110 valence electrons. The van der Waals surface area contributed by atoms with E-state index in [1.54, 1.807) is 13.4 Å². The van der Waals surface area contributed by atoms with Gasteiger partial charge in [0, 0.05) is 26.3 Å². The Bertz CT molecular complexity index is 571. The Kier molecular flexibility index (Phi) is 5.14. The molecular formula is C13H20ClN5O. The molecule has 0 aliphatic rings. The van der Waals surface area contributed by atoms with Crippen molar-refractivity contribution in [3.63, 3.8) is 0 Å². The lowest BCUT2D eigenvalue weighted by Gasteiger charge is -2.14. The lowest BCUT2D eigenvalue weighted by Crippen LogP contribution is -2.16. The highest BCUT2D eigenvalue weighted by Gasteiger charge is 2.14. The first-order valence-corrected chi connectivity index (χ1v) is 7.17. The standard InChI is InChI=1S/C13H20ClN5O/c1-4-9(2)16-12-10-11(17-13(14)18-12)15-8-19(10)6-5-7-20-3/h8-9H,4-7H2,1-3H3,(H,16,17,18). The van der Waals surface area contributed by atoms with E-state index in [9.17, 15) is 0 Å². The molecule has 1 unspecified atom stereocenters. The van der Waals surface area contributed by atoms with Gasteiger partial charge in [-0.2, -0.15) is 9.97 Å². The molecule has 0 aliphatic heterocycles. The minimum Gasteiger partial charge on any atom is -0.385 e. The second-order valence-corrected chi connectivity index (χ2v) is 5.09. The van der Waals surface area contributed by atoms with E-state index >= 15 is 0 Å². The van der Waals surface area contributed by atoms with Crippen LogP contribution in [0.1, 0.15) is 26.7 Å². The minimum absolute atomic E-state index is 0.213. The van der Waals surface area contributed by atoms with Crippen LogP contribution in [0.2, 0.25) is 5.28 Å². The summed E-state index contributed by atoms with van der Waals surface area (Å²) in [5.41, 5.74) is 1.51. The third-order valence-electron chi connectivity index (χ3n) is 3.19. The molecule has 2 aromatic rings. The minimum atomic E-state index is 0.213. The van der Waals surface area contributed by atoms with Crippen LogP contribution in [0.3, 0.4) is 0 Å². The number of ether oxygens (including phenoxy) is 1. The second kappa shape index (κ2) is 6.85. The van der Waals surface area contributed by atoms with Gasteiger partial charge in [0.25, 0.3) is 0 Å². The zero-order valence-corrected chi connectivity index (χ0v) is 12.8. The van der Waals surface area contributed by atoms with Crippen LogP contribution in [0, 0.1) is 0 Å². The van der Waals surface area contributed by atoms with E-state index in [0.29, 0.717) is 18.3 Å². The summed E-state index contributed by atoms with van der Waals surface area (Å²) in [6, 6.07) is 0.312. The molecule has 0 saturated heterocycles. The number of anilines is 1. The van der Waals surface area contributed by atoms with Gasteiger partial charge in [0.15, 0.2) is 11.5 Å². The van der Waals surface area contributed by atoms with Crippen LogP contribution in [0.15, 0.2) is 6.33 Å². The van der Waals surface area contributed by atoms with Gasteiger partial charge in [0.2, 0.25) is 5.28 Å². The Morgan fingerprint density at radius 3 is 2.95 bits per heavy atom. The number of imidazole rings is 1. The van der Waals surface area contributed by atoms with Crippen molar-refractivity contribution in [1.82, 2.24) is 19.5 Å². The van der Waals surface area contributed by atoms with Crippen molar-refractivity contribution in [2.75, 3.05) is 19.0 Å². The molecule has 1 N–H and O–H groups in total. The Morgan fingerprint density at radius 1 is 1.45 bits per heavy atom. The van der Waals surface area contributed by atoms with E-state index in [1.165, 1.54) is 0 Å². The van der Waals surface area contributed by atoms with Gasteiger partial charge in [-0.05, 0) is 31.4 Å². The number of nitrogens with one attached hydrogen (secondary N) is 1. The summed E-state index contributed by atoms with van der Waals surface area (Å²) in [5.74, 6) is 0.740. The van der Waals surface area contributed by atoms with Crippen LogP contribution in [0.5, 0.6) is 0 Å². The summed E-state index contributed by atoms with van der Waals surface area (Å²) in [5, 5.41) is 3.58. The number of hydrogen-bond donors (Lipinski definition) is 1. The van der Waals surface area contributed by atoms with Crippen molar-refractivity contribution in [3.8, 4) is 0 Å². The van der Waals surface area contributed by atoms with Crippen LogP contribution in [0.4, 0.5) is 5.82 Å². The van der Waals surface area contributed by atoms with E-state index < -0.39 is 0 Å². The number of hydrogen-bond acceptors (Lipinski definition) is 5. The molecule has 6 nitrogen and oxygen atoms in total. The molecule has 0 saturated carbocycles. The molecule has 0 aromatic carbocycles. The summed E-state index contributed by atoms with van der Waals surface area (Å²) < 4.78 is 7.12. The summed E-state index contributed by atoms with van der Waals surface area (Å²) >= 11 is 5.96. The van der Waals surface area contributed by atoms with E-state index in [2.05, 4.69) is 34.1 Å². The van der Waals surface area contributed by atoms with Crippen molar-refractivity contribution in [2.45, 2.75) is 39.3 Å². The fraction of sp³-hybridized carbons (Fsp3) is 0.615. The predicted molar refractivity (Wildman–Crippen MR) is 80.2 cm³/mol. The average Bonchev–Trinajstić information content (AvgIpc) is 2.82. The number of aromatic nitrogens is 4. The predicted octanol–water partition coefficient (Wildman–Crippen LogP) is 2.73. The molecule has 0 spiro atoms. The lowest BCUT2D eigenvalue weighted by atomic mass is 10.2. The van der Waals surface area contributed by atoms with Crippen molar-refractivity contribution in [2.24, 2.45) is 0 Å². The summed E-state index contributed by atoms with van der Waals surface area (Å²) in [6.07, 6.45) is 3.68. The third-order valence-corrected chi connectivity index (χ3v) is 3.36. The van der Waals surface area contributed by atoms with Gasteiger partial charge >= 0.3 is 0 Å². The van der Waals surface area contributed by atoms with Gasteiger partial charge in [-0.1, -0.05) is 6.92 Å². The van der Waals surface area contributed by atoms with Crippen LogP contribution in [0.25, 0.3) is 11.2 Å². The molecule has 0 aliphatic carbocycles. The molecular weight excluding hydrogens is 278 g/mol. The number of nitrogens with zero attached hydrogens (tertiary/aromatic N) is 4. The maximum atomic E-state index is 5.96. The number of fused-ring (bicyclic) bond motifs is 1. The van der Waals surface area contributed by atoms with E-state index in [0.717, 1.165) is 30.7 Å². The molecule has 7 heteroatoms. The Balaban J connectivity index is 2.34. The lowest BCUT2D eigenvalue weighted by molar-refractivity contribution is 0.190. The van der Waals surface area contributed by atoms with Gasteiger partial charge in [-0.25, -0.2) is 4.98 Å². The van der Waals surface area contributed by atoms with Gasteiger partial charge in [-0.3, -0.25) is 0 Å². The molecule has 0 amide bonds. The molecule has 0 radical (unpaired) electrons. The molecule has 2 rings (SSSR count). The van der Waals surface area contributed by atoms with E-state index in [-0.39, 0.29) is 5.28 Å². The van der Waals surface area contributed by atoms with Gasteiger partial charge in [0.05, 0.1) is 6.33 Å². The third kappa shape index (κ3) is 3.37. The first-order valence-electron chi connectivity index (χ1n) is 6.79. The van der Waals surface area contributed by atoms with E-state index in [4.69, 9.17) is 16.3 Å². The Labute approximate surface area is 123 Å². The highest BCUT2D eigenvalue weighted by molar-refractivity contribution is 6.28. The van der Waals surface area contributed by atoms with Crippen LogP contribution < -0.4 is 5.32 Å². The molecule has 0 fully saturated rings. The fourth-order valence-corrected chi connectivity index (χ4v) is 2.10. The maximum Gasteiger partial charge on any atom is 0.226 e. The zero-order chi connectivity index (χ0) is 14.5. The highest BCUT2D eigenvalue weighted by atomic mass is 35.5. The summed E-state index contributed by atoms with van der Waals surface area (Å²) in [4.78, 5) is 12.8. The maximum absolute atomic E-state index is 5.96. The topological polar surface area (TPSA) is 64.9 Å². The summed E-state index contributed by atoms with van der Waals surface area (Å²) in [6.45, 7) is 5.74. The normalized spacial score (nSPS) is 12.8. The van der Waals surface area contributed by atoms with Crippen LogP contribution >= 0.6 is 11.6 Å². The number of methoxy groups -OCH3 is 1. The molecule has 20 heavy (non-hydrogen) atoms. The zero-order valence-electron chi connectivity index (χ0n) is 12.1. The van der Waals surface area contributed by atoms with Crippen LogP contribution in [-0.2, 0) is 11.3 Å². The van der Waals surface area contributed by atoms with Crippen molar-refractivity contribution >= 4 is 28.6 Å². The van der Waals surface area contributed by atoms with Crippen LogP contribution in [-0.4, -0.2) is 39.3 Å². The molecule has 2 heterocycles. The fourth-order valence-electron chi connectivity index (χ4n) is 1.94. The first-order chi connectivity index (χ1) is 9.65. The van der Waals surface area contributed by atoms with Crippen molar-refractivity contribution in [3.05, 3.63) is 11.6 Å². The molecule has 1 atom stereocenters. The monoisotopic (exact) mass is 297 g/mol. The summed E-state index contributed by atoms with van der Waals surface area (Å²) in [7, 11) is 1.70. The Morgan fingerprint density at radius 2 is 2.25 bits per heavy atom. The Hall–Kier alpha value is -1.40. The largest absolute Gasteiger partial charge is 0.385 e. The first kappa shape index (κ1) is 15.0. The second-order valence-electron chi connectivity index (χ2n) is 4.75. The van der Waals surface area contributed by atoms with Crippen molar-refractivity contribution in [1.29, 1.82) is 0 Å². The van der Waals surface area contributed by atoms with Gasteiger partial charge < -0.3 is 14.6 Å². The number of halogens is 1. The van der Waals surface area contributed by atoms with Crippen molar-refractivity contribution < 1.29 is 4.74 Å². The van der Waals surface area contributed by atoms with Gasteiger partial charge in [0.1, 0.15) is 5.52 Å². The smallest absolute Gasteiger partial charge is 0.226 e. The average molecular weight is 298 g/mol. The quantitative estimate of drug-likeness (QED) is 0.629. The number of rotatable bonds is 7. The molecule has 0 bridgehead atoms. The van der Waals surface area contributed by atoms with Gasteiger partial charge in [-0.15, -0.1) is 0 Å². The number of aryl methyl sites for hydroxylation is 1. The molecule has 2 aromatic heterocycles. The highest BCUT2D eigenvalue weighted by Crippen LogP contribution is 2.22.